The molecule has 120 valence electrons. The number of aliphatic hydroxyl groups excluding tert-OH is 1. The number of carbonyl (C=O) groups is 1. The van der Waals surface area contributed by atoms with Crippen LogP contribution in [-0.2, 0) is 11.2 Å². The van der Waals surface area contributed by atoms with E-state index in [2.05, 4.69) is 22.4 Å². The van der Waals surface area contributed by atoms with Gasteiger partial charge in [-0.05, 0) is 66.8 Å². The smallest absolute Gasteiger partial charge is 0.211 e. The van der Waals surface area contributed by atoms with E-state index in [1.54, 1.807) is 12.4 Å². The van der Waals surface area contributed by atoms with Crippen molar-refractivity contribution < 1.29 is 9.90 Å². The Kier molecular flexibility index (Phi) is 5.03. The van der Waals surface area contributed by atoms with Gasteiger partial charge in [-0.1, -0.05) is 18.2 Å². The number of pyridine rings is 1. The van der Waals surface area contributed by atoms with Crippen LogP contribution in [0.2, 0.25) is 0 Å². The van der Waals surface area contributed by atoms with Gasteiger partial charge in [0, 0.05) is 18.1 Å². The predicted molar refractivity (Wildman–Crippen MR) is 89.9 cm³/mol. The normalized spacial score (nSPS) is 21.8. The van der Waals surface area contributed by atoms with E-state index in [-0.39, 0.29) is 0 Å². The second kappa shape index (κ2) is 7.38. The molecule has 1 unspecified atom stereocenters. The molecule has 0 radical (unpaired) electrons. The molecule has 1 heterocycles. The van der Waals surface area contributed by atoms with Gasteiger partial charge in [-0.3, -0.25) is 9.78 Å². The molecule has 23 heavy (non-hydrogen) atoms. The number of rotatable bonds is 6. The van der Waals surface area contributed by atoms with Gasteiger partial charge in [-0.15, -0.1) is 0 Å². The van der Waals surface area contributed by atoms with Gasteiger partial charge in [0.1, 0.15) is 0 Å². The number of hydrogen-bond donors (Lipinski definition) is 2. The third kappa shape index (κ3) is 3.96. The van der Waals surface area contributed by atoms with E-state index in [1.165, 1.54) is 5.56 Å². The van der Waals surface area contributed by atoms with Crippen LogP contribution in [0.5, 0.6) is 0 Å². The first-order valence-electron chi connectivity index (χ1n) is 8.13. The van der Waals surface area contributed by atoms with Crippen molar-refractivity contribution >= 4 is 12.1 Å². The standard InChI is InChI=1S/C19H22N2O2/c22-13-21-18-7-4-14(5-8-18)10-15-3-6-16(11-15)19(23)17-2-1-9-20-12-17/h1-2,4-5,7-9,12-13,15-16,19,23H,3,6,10-11H2,(H,21,22)/t15?,16-,19-/m0/s1. The van der Waals surface area contributed by atoms with Crippen LogP contribution in [0.1, 0.15) is 36.5 Å². The topological polar surface area (TPSA) is 62.2 Å². The maximum absolute atomic E-state index is 10.5. The summed E-state index contributed by atoms with van der Waals surface area (Å²) in [6.45, 7) is 0. The van der Waals surface area contributed by atoms with E-state index in [1.807, 2.05) is 24.3 Å². The first-order valence-corrected chi connectivity index (χ1v) is 8.13. The fourth-order valence-corrected chi connectivity index (χ4v) is 3.55. The zero-order chi connectivity index (χ0) is 16.1. The van der Waals surface area contributed by atoms with E-state index >= 15 is 0 Å². The SMILES string of the molecule is O=CNc1ccc(CC2CC[C@H]([C@H](O)c3cccnc3)C2)cc1. The second-order valence-corrected chi connectivity index (χ2v) is 6.33. The maximum atomic E-state index is 10.5. The number of amides is 1. The molecule has 2 N–H and O–H groups in total. The summed E-state index contributed by atoms with van der Waals surface area (Å²) in [5, 5.41) is 13.2. The Morgan fingerprint density at radius 2 is 2.09 bits per heavy atom. The first kappa shape index (κ1) is 15.7. The van der Waals surface area contributed by atoms with E-state index in [0.29, 0.717) is 18.2 Å². The molecular weight excluding hydrogens is 288 g/mol. The van der Waals surface area contributed by atoms with Crippen molar-refractivity contribution in [3.8, 4) is 0 Å². The van der Waals surface area contributed by atoms with Crippen molar-refractivity contribution in [2.75, 3.05) is 5.32 Å². The Balaban J connectivity index is 1.56. The minimum atomic E-state index is -0.409. The third-order valence-corrected chi connectivity index (χ3v) is 4.76. The van der Waals surface area contributed by atoms with Crippen LogP contribution >= 0.6 is 0 Å². The Bertz CT molecular complexity index is 628. The van der Waals surface area contributed by atoms with E-state index in [9.17, 15) is 9.90 Å². The molecule has 1 aliphatic carbocycles. The lowest BCUT2D eigenvalue weighted by Crippen LogP contribution is -2.10. The highest BCUT2D eigenvalue weighted by Crippen LogP contribution is 2.40. The molecule has 3 atom stereocenters. The molecule has 0 aliphatic heterocycles. The number of carbonyl (C=O) groups excluding carboxylic acids is 1. The number of aliphatic hydroxyl groups is 1. The molecule has 4 heteroatoms. The summed E-state index contributed by atoms with van der Waals surface area (Å²) in [5.74, 6) is 0.927. The number of nitrogens with one attached hydrogen (secondary N) is 1. The Morgan fingerprint density at radius 3 is 2.78 bits per heavy atom. The van der Waals surface area contributed by atoms with E-state index in [0.717, 1.165) is 36.9 Å². The molecule has 1 fully saturated rings. The van der Waals surface area contributed by atoms with Crippen LogP contribution in [0, 0.1) is 11.8 Å². The van der Waals surface area contributed by atoms with Gasteiger partial charge in [0.2, 0.25) is 6.41 Å². The highest BCUT2D eigenvalue weighted by molar-refractivity contribution is 5.71. The molecule has 0 spiro atoms. The largest absolute Gasteiger partial charge is 0.388 e. The average molecular weight is 310 g/mol. The van der Waals surface area contributed by atoms with Gasteiger partial charge in [-0.2, -0.15) is 0 Å². The first-order chi connectivity index (χ1) is 11.3. The van der Waals surface area contributed by atoms with Crippen LogP contribution in [0.15, 0.2) is 48.8 Å². The minimum absolute atomic E-state index is 0.320. The maximum Gasteiger partial charge on any atom is 0.211 e. The molecule has 0 bridgehead atoms. The molecule has 1 amide bonds. The second-order valence-electron chi connectivity index (χ2n) is 6.33. The zero-order valence-corrected chi connectivity index (χ0v) is 13.1. The van der Waals surface area contributed by atoms with E-state index in [4.69, 9.17) is 0 Å². The molecule has 4 nitrogen and oxygen atoms in total. The van der Waals surface area contributed by atoms with Crippen LogP contribution in [-0.4, -0.2) is 16.5 Å². The summed E-state index contributed by atoms with van der Waals surface area (Å²) in [6.07, 6.45) is 8.06. The van der Waals surface area contributed by atoms with Crippen LogP contribution < -0.4 is 5.32 Å². The quantitative estimate of drug-likeness (QED) is 0.804. The lowest BCUT2D eigenvalue weighted by Gasteiger charge is -2.18. The Hall–Kier alpha value is -2.20. The highest BCUT2D eigenvalue weighted by atomic mass is 16.3. The zero-order valence-electron chi connectivity index (χ0n) is 13.1. The number of hydrogen-bond acceptors (Lipinski definition) is 3. The number of aromatic nitrogens is 1. The molecule has 2 aromatic rings. The number of nitrogens with zero attached hydrogens (tertiary/aromatic N) is 1. The summed E-state index contributed by atoms with van der Waals surface area (Å²) in [5.41, 5.74) is 3.02. The van der Waals surface area contributed by atoms with Gasteiger partial charge in [0.15, 0.2) is 0 Å². The molecule has 1 aromatic carbocycles. The average Bonchev–Trinajstić information content (AvgIpc) is 3.05. The molecule has 3 rings (SSSR count). The molecule has 1 saturated carbocycles. The fraction of sp³-hybridized carbons (Fsp3) is 0.368. The van der Waals surface area contributed by atoms with Crippen LogP contribution in [0.25, 0.3) is 0 Å². The lowest BCUT2D eigenvalue weighted by molar-refractivity contribution is -0.105. The summed E-state index contributed by atoms with van der Waals surface area (Å²) in [7, 11) is 0. The van der Waals surface area contributed by atoms with Crippen LogP contribution in [0.3, 0.4) is 0 Å². The van der Waals surface area contributed by atoms with Gasteiger partial charge in [0.25, 0.3) is 0 Å². The molecule has 1 aromatic heterocycles. The highest BCUT2D eigenvalue weighted by Gasteiger charge is 2.30. The Labute approximate surface area is 136 Å². The molecule has 1 aliphatic rings. The summed E-state index contributed by atoms with van der Waals surface area (Å²) in [4.78, 5) is 14.5. The summed E-state index contributed by atoms with van der Waals surface area (Å²) >= 11 is 0. The Morgan fingerprint density at radius 1 is 1.26 bits per heavy atom. The third-order valence-electron chi connectivity index (χ3n) is 4.76. The van der Waals surface area contributed by atoms with Crippen LogP contribution in [0.4, 0.5) is 5.69 Å². The lowest BCUT2D eigenvalue weighted by atomic mass is 9.92. The van der Waals surface area contributed by atoms with Crippen molar-refractivity contribution in [2.24, 2.45) is 11.8 Å². The van der Waals surface area contributed by atoms with Crippen molar-refractivity contribution in [3.05, 3.63) is 59.9 Å². The minimum Gasteiger partial charge on any atom is -0.388 e. The van der Waals surface area contributed by atoms with Crippen molar-refractivity contribution in [2.45, 2.75) is 31.8 Å². The summed E-state index contributed by atoms with van der Waals surface area (Å²) in [6, 6.07) is 11.8. The van der Waals surface area contributed by atoms with Crippen molar-refractivity contribution in [1.82, 2.24) is 4.98 Å². The number of anilines is 1. The van der Waals surface area contributed by atoms with Gasteiger partial charge in [0.05, 0.1) is 6.10 Å². The van der Waals surface area contributed by atoms with Gasteiger partial charge >= 0.3 is 0 Å². The van der Waals surface area contributed by atoms with Crippen molar-refractivity contribution in [3.63, 3.8) is 0 Å². The van der Waals surface area contributed by atoms with Crippen molar-refractivity contribution in [1.29, 1.82) is 0 Å². The fourth-order valence-electron chi connectivity index (χ4n) is 3.55. The molecule has 0 saturated heterocycles. The monoisotopic (exact) mass is 310 g/mol. The van der Waals surface area contributed by atoms with Gasteiger partial charge in [-0.25, -0.2) is 0 Å². The summed E-state index contributed by atoms with van der Waals surface area (Å²) < 4.78 is 0. The number of benzene rings is 1. The predicted octanol–water partition coefficient (Wildman–Crippen LogP) is 3.34. The molecular formula is C19H22N2O2. The van der Waals surface area contributed by atoms with Gasteiger partial charge < -0.3 is 10.4 Å². The van der Waals surface area contributed by atoms with E-state index < -0.39 is 6.10 Å².